The molecule has 106 valence electrons. The highest BCUT2D eigenvalue weighted by molar-refractivity contribution is 9.10. The Kier molecular flexibility index (Phi) is 5.11. The Morgan fingerprint density at radius 2 is 2.00 bits per heavy atom. The first-order chi connectivity index (χ1) is 8.69. The zero-order valence-corrected chi connectivity index (χ0v) is 13.0. The average Bonchev–Trinajstić information content (AvgIpc) is 2.31. The number of aromatic carboxylic acids is 1. The Hall–Kier alpha value is -0.920. The van der Waals surface area contributed by atoms with E-state index in [-0.39, 0.29) is 22.8 Å². The van der Waals surface area contributed by atoms with Crippen LogP contribution in [0, 0.1) is 12.8 Å². The van der Waals surface area contributed by atoms with E-state index >= 15 is 0 Å². The van der Waals surface area contributed by atoms with Crippen LogP contribution in [0.1, 0.15) is 22.8 Å². The molecular weight excluding hydrogens is 336 g/mol. The van der Waals surface area contributed by atoms with Gasteiger partial charge in [0.05, 0.1) is 16.2 Å². The van der Waals surface area contributed by atoms with Crippen LogP contribution in [0.3, 0.4) is 0 Å². The van der Waals surface area contributed by atoms with E-state index in [4.69, 9.17) is 10.2 Å². The van der Waals surface area contributed by atoms with Gasteiger partial charge in [-0.15, -0.1) is 0 Å². The molecule has 0 radical (unpaired) electrons. The van der Waals surface area contributed by atoms with E-state index in [9.17, 15) is 13.2 Å². The first kappa shape index (κ1) is 16.1. The summed E-state index contributed by atoms with van der Waals surface area (Å²) in [6, 6.07) is 2.52. The molecule has 7 heteroatoms. The maximum Gasteiger partial charge on any atom is 0.335 e. The van der Waals surface area contributed by atoms with Crippen molar-refractivity contribution in [1.29, 1.82) is 0 Å². The first-order valence-corrected chi connectivity index (χ1v) is 8.00. The molecule has 1 rings (SSSR count). The zero-order chi connectivity index (χ0) is 14.8. The first-order valence-electron chi connectivity index (χ1n) is 5.56. The number of sulfone groups is 1. The van der Waals surface area contributed by atoms with Gasteiger partial charge in [0.15, 0.2) is 9.84 Å². The van der Waals surface area contributed by atoms with Gasteiger partial charge in [-0.3, -0.25) is 0 Å². The Morgan fingerprint density at radius 1 is 1.42 bits per heavy atom. The predicted molar refractivity (Wildman–Crippen MR) is 74.1 cm³/mol. The van der Waals surface area contributed by atoms with Gasteiger partial charge in [-0.1, -0.05) is 22.9 Å². The number of carbonyl (C=O) groups is 1. The van der Waals surface area contributed by atoms with Gasteiger partial charge in [0.25, 0.3) is 0 Å². The molecule has 2 N–H and O–H groups in total. The van der Waals surface area contributed by atoms with Crippen molar-refractivity contribution in [2.24, 2.45) is 5.92 Å². The minimum atomic E-state index is -3.63. The molecule has 1 unspecified atom stereocenters. The Labute approximate surface area is 120 Å². The summed E-state index contributed by atoms with van der Waals surface area (Å²) in [5.74, 6) is -1.82. The summed E-state index contributed by atoms with van der Waals surface area (Å²) in [6.45, 7) is 2.98. The molecule has 19 heavy (non-hydrogen) atoms. The Balaban J connectivity index is 3.37. The van der Waals surface area contributed by atoms with Gasteiger partial charge in [0.1, 0.15) is 0 Å². The molecule has 1 aromatic rings. The molecule has 1 atom stereocenters. The molecule has 0 aromatic heterocycles. The van der Waals surface area contributed by atoms with E-state index in [1.807, 2.05) is 0 Å². The van der Waals surface area contributed by atoms with Crippen molar-refractivity contribution in [3.05, 3.63) is 27.7 Å². The molecular formula is C12H15BrO5S. The summed E-state index contributed by atoms with van der Waals surface area (Å²) in [5.41, 5.74) is 0.378. The SMILES string of the molecule is Cc1c(Br)cc(C(=O)O)cc1S(=O)(=O)CC(C)CO. The molecule has 0 aliphatic rings. The summed E-state index contributed by atoms with van der Waals surface area (Å²) >= 11 is 3.16. The largest absolute Gasteiger partial charge is 0.478 e. The molecule has 1 aromatic carbocycles. The molecule has 0 bridgehead atoms. The third-order valence-corrected chi connectivity index (χ3v) is 5.62. The van der Waals surface area contributed by atoms with Gasteiger partial charge in [-0.2, -0.15) is 0 Å². The summed E-state index contributed by atoms with van der Waals surface area (Å²) in [6.07, 6.45) is 0. The molecule has 0 aliphatic carbocycles. The van der Waals surface area contributed by atoms with Crippen molar-refractivity contribution in [3.63, 3.8) is 0 Å². The van der Waals surface area contributed by atoms with Crippen molar-refractivity contribution in [2.45, 2.75) is 18.7 Å². The van der Waals surface area contributed by atoms with Gasteiger partial charge in [0.2, 0.25) is 0 Å². The molecule has 0 aliphatic heterocycles. The van der Waals surface area contributed by atoms with E-state index in [2.05, 4.69) is 15.9 Å². The zero-order valence-electron chi connectivity index (χ0n) is 10.6. The van der Waals surface area contributed by atoms with Crippen LogP contribution in [0.15, 0.2) is 21.5 Å². The second-order valence-electron chi connectivity index (χ2n) is 4.46. The Morgan fingerprint density at radius 3 is 2.47 bits per heavy atom. The van der Waals surface area contributed by atoms with Crippen LogP contribution in [0.2, 0.25) is 0 Å². The smallest absolute Gasteiger partial charge is 0.335 e. The number of carboxylic acids is 1. The van der Waals surface area contributed by atoms with Crippen LogP contribution in [0.25, 0.3) is 0 Å². The number of halogens is 1. The highest BCUT2D eigenvalue weighted by Crippen LogP contribution is 2.27. The van der Waals surface area contributed by atoms with Gasteiger partial charge in [-0.05, 0) is 30.5 Å². The van der Waals surface area contributed by atoms with Crippen molar-refractivity contribution in [2.75, 3.05) is 12.4 Å². The number of hydrogen-bond acceptors (Lipinski definition) is 4. The van der Waals surface area contributed by atoms with Crippen molar-refractivity contribution < 1.29 is 23.4 Å². The standard InChI is InChI=1S/C12H15BrO5S/c1-7(5-14)6-19(17,18)11-4-9(12(15)16)3-10(13)8(11)2/h3-4,7,14H,5-6H2,1-2H3,(H,15,16). The van der Waals surface area contributed by atoms with E-state index in [1.54, 1.807) is 13.8 Å². The third-order valence-electron chi connectivity index (χ3n) is 2.69. The molecule has 5 nitrogen and oxygen atoms in total. The fourth-order valence-electron chi connectivity index (χ4n) is 1.62. The van der Waals surface area contributed by atoms with Gasteiger partial charge in [0, 0.05) is 11.1 Å². The van der Waals surface area contributed by atoms with Gasteiger partial charge < -0.3 is 10.2 Å². The topological polar surface area (TPSA) is 91.7 Å². The number of rotatable bonds is 5. The summed E-state index contributed by atoms with van der Waals surface area (Å²) in [5, 5.41) is 17.9. The fraction of sp³-hybridized carbons (Fsp3) is 0.417. The highest BCUT2D eigenvalue weighted by atomic mass is 79.9. The number of aliphatic hydroxyl groups excluding tert-OH is 1. The highest BCUT2D eigenvalue weighted by Gasteiger charge is 2.23. The molecule has 0 fully saturated rings. The minimum absolute atomic E-state index is 0.0143. The van der Waals surface area contributed by atoms with E-state index in [0.717, 1.165) is 6.07 Å². The van der Waals surface area contributed by atoms with Crippen molar-refractivity contribution >= 4 is 31.7 Å². The maximum atomic E-state index is 12.2. The van der Waals surface area contributed by atoms with Gasteiger partial charge in [-0.25, -0.2) is 13.2 Å². The molecule has 0 heterocycles. The van der Waals surface area contributed by atoms with Crippen LogP contribution in [0.4, 0.5) is 0 Å². The lowest BCUT2D eigenvalue weighted by molar-refractivity contribution is 0.0696. The van der Waals surface area contributed by atoms with Crippen LogP contribution in [0.5, 0.6) is 0 Å². The number of aliphatic hydroxyl groups is 1. The van der Waals surface area contributed by atoms with E-state index < -0.39 is 21.7 Å². The minimum Gasteiger partial charge on any atom is -0.478 e. The second kappa shape index (κ2) is 6.02. The second-order valence-corrected chi connectivity index (χ2v) is 7.31. The normalized spacial score (nSPS) is 13.3. The van der Waals surface area contributed by atoms with Crippen LogP contribution >= 0.6 is 15.9 Å². The molecule has 0 spiro atoms. The summed E-state index contributed by atoms with van der Waals surface area (Å²) in [4.78, 5) is 11.0. The quantitative estimate of drug-likeness (QED) is 0.845. The number of benzene rings is 1. The molecule has 0 amide bonds. The summed E-state index contributed by atoms with van der Waals surface area (Å²) < 4.78 is 24.9. The van der Waals surface area contributed by atoms with Crippen molar-refractivity contribution in [1.82, 2.24) is 0 Å². The van der Waals surface area contributed by atoms with Gasteiger partial charge >= 0.3 is 5.97 Å². The van der Waals surface area contributed by atoms with Crippen molar-refractivity contribution in [3.8, 4) is 0 Å². The maximum absolute atomic E-state index is 12.2. The number of carboxylic acid groups (broad SMARTS) is 1. The summed E-state index contributed by atoms with van der Waals surface area (Å²) in [7, 11) is -3.63. The van der Waals surface area contributed by atoms with Crippen LogP contribution < -0.4 is 0 Å². The van der Waals surface area contributed by atoms with Crippen LogP contribution in [-0.4, -0.2) is 37.0 Å². The monoisotopic (exact) mass is 350 g/mol. The fourth-order valence-corrected chi connectivity index (χ4v) is 4.13. The van der Waals surface area contributed by atoms with E-state index in [0.29, 0.717) is 10.0 Å². The van der Waals surface area contributed by atoms with E-state index in [1.165, 1.54) is 6.07 Å². The lowest BCUT2D eigenvalue weighted by atomic mass is 10.1. The Bertz CT molecular complexity index is 594. The number of hydrogen-bond donors (Lipinski definition) is 2. The third kappa shape index (κ3) is 3.77. The molecule has 0 saturated carbocycles. The van der Waals surface area contributed by atoms with Crippen LogP contribution in [-0.2, 0) is 9.84 Å². The molecule has 0 saturated heterocycles. The lowest BCUT2D eigenvalue weighted by Crippen LogP contribution is -2.18. The lowest BCUT2D eigenvalue weighted by Gasteiger charge is -2.13. The average molecular weight is 351 g/mol. The predicted octanol–water partition coefficient (Wildman–Crippen LogP) is 1.86.